The fourth-order valence-electron chi connectivity index (χ4n) is 1.10. The fraction of sp³-hybridized carbons (Fsp3) is 1.00. The van der Waals surface area contributed by atoms with Crippen molar-refractivity contribution < 1.29 is 9.57 Å². The lowest BCUT2D eigenvalue weighted by atomic mass is 10.4. The van der Waals surface area contributed by atoms with E-state index in [4.69, 9.17) is 9.57 Å². The van der Waals surface area contributed by atoms with Crippen LogP contribution in [0.25, 0.3) is 0 Å². The Kier molecular flexibility index (Phi) is 4.45. The largest absolute Gasteiger partial charge is 0.379 e. The second-order valence-electron chi connectivity index (χ2n) is 2.51. The van der Waals surface area contributed by atoms with Gasteiger partial charge in [-0.1, -0.05) is 0 Å². The van der Waals surface area contributed by atoms with Crippen molar-refractivity contribution in [3.05, 3.63) is 0 Å². The summed E-state index contributed by atoms with van der Waals surface area (Å²) in [6, 6.07) is 0. The predicted molar refractivity (Wildman–Crippen MR) is 42.3 cm³/mol. The molecule has 1 fully saturated rings. The topological polar surface area (TPSA) is 33.7 Å². The number of morpholine rings is 1. The Hall–Kier alpha value is -0.160. The van der Waals surface area contributed by atoms with Gasteiger partial charge in [-0.15, -0.1) is 0 Å². The summed E-state index contributed by atoms with van der Waals surface area (Å²) in [5.41, 5.74) is 2.65. The maximum atomic E-state index is 5.21. The third-order valence-corrected chi connectivity index (χ3v) is 1.76. The minimum Gasteiger partial charge on any atom is -0.379 e. The molecule has 0 bridgehead atoms. The average molecular weight is 160 g/mol. The third kappa shape index (κ3) is 3.67. The summed E-state index contributed by atoms with van der Waals surface area (Å²) >= 11 is 0. The molecule has 66 valence electrons. The number of nitrogens with zero attached hydrogens (tertiary/aromatic N) is 1. The van der Waals surface area contributed by atoms with Crippen LogP contribution in [0.1, 0.15) is 0 Å². The van der Waals surface area contributed by atoms with Gasteiger partial charge in [0.2, 0.25) is 0 Å². The minimum absolute atomic E-state index is 0.747. The first-order valence-corrected chi connectivity index (χ1v) is 4.02. The van der Waals surface area contributed by atoms with Gasteiger partial charge in [0.1, 0.15) is 0 Å². The van der Waals surface area contributed by atoms with Crippen LogP contribution in [-0.2, 0) is 9.57 Å². The summed E-state index contributed by atoms with van der Waals surface area (Å²) in [4.78, 5) is 7.34. The molecule has 4 heteroatoms. The normalized spacial score (nSPS) is 20.5. The zero-order valence-electron chi connectivity index (χ0n) is 7.01. The van der Waals surface area contributed by atoms with Crippen molar-refractivity contribution in [1.82, 2.24) is 10.4 Å². The molecule has 0 aromatic carbocycles. The lowest BCUT2D eigenvalue weighted by Crippen LogP contribution is -2.38. The molecule has 0 spiro atoms. The van der Waals surface area contributed by atoms with Crippen LogP contribution in [0.3, 0.4) is 0 Å². The summed E-state index contributed by atoms with van der Waals surface area (Å²) in [5, 5.41) is 0. The summed E-state index contributed by atoms with van der Waals surface area (Å²) in [5.74, 6) is 0. The Morgan fingerprint density at radius 2 is 2.18 bits per heavy atom. The molecule has 0 radical (unpaired) electrons. The second kappa shape index (κ2) is 5.49. The Morgan fingerprint density at radius 1 is 1.45 bits per heavy atom. The van der Waals surface area contributed by atoms with E-state index in [9.17, 15) is 0 Å². The van der Waals surface area contributed by atoms with Crippen molar-refractivity contribution in [3.8, 4) is 0 Å². The van der Waals surface area contributed by atoms with Crippen molar-refractivity contribution in [2.24, 2.45) is 0 Å². The third-order valence-electron chi connectivity index (χ3n) is 1.76. The van der Waals surface area contributed by atoms with E-state index < -0.39 is 0 Å². The van der Waals surface area contributed by atoms with Crippen LogP contribution in [0.4, 0.5) is 0 Å². The van der Waals surface area contributed by atoms with Gasteiger partial charge >= 0.3 is 0 Å². The molecule has 4 nitrogen and oxygen atoms in total. The van der Waals surface area contributed by atoms with Gasteiger partial charge in [0.05, 0.1) is 19.8 Å². The highest BCUT2D eigenvalue weighted by atomic mass is 16.6. The van der Waals surface area contributed by atoms with E-state index in [1.54, 1.807) is 7.05 Å². The van der Waals surface area contributed by atoms with E-state index >= 15 is 0 Å². The summed E-state index contributed by atoms with van der Waals surface area (Å²) in [6.07, 6.45) is 0. The monoisotopic (exact) mass is 160 g/mol. The number of hydrogen-bond donors (Lipinski definition) is 1. The highest BCUT2D eigenvalue weighted by Crippen LogP contribution is 1.94. The van der Waals surface area contributed by atoms with Gasteiger partial charge in [0, 0.05) is 26.7 Å². The van der Waals surface area contributed by atoms with Crippen LogP contribution in [-0.4, -0.2) is 51.4 Å². The van der Waals surface area contributed by atoms with Crippen molar-refractivity contribution >= 4 is 0 Å². The van der Waals surface area contributed by atoms with E-state index in [-0.39, 0.29) is 0 Å². The SMILES string of the molecule is CNOCCN1CCOCC1. The van der Waals surface area contributed by atoms with Gasteiger partial charge in [-0.3, -0.25) is 4.90 Å². The van der Waals surface area contributed by atoms with Crippen molar-refractivity contribution in [2.45, 2.75) is 0 Å². The van der Waals surface area contributed by atoms with Gasteiger partial charge < -0.3 is 9.57 Å². The van der Waals surface area contributed by atoms with E-state index in [0.29, 0.717) is 0 Å². The Balaban J connectivity index is 1.96. The number of rotatable bonds is 4. The zero-order valence-corrected chi connectivity index (χ0v) is 7.01. The molecule has 0 amide bonds. The van der Waals surface area contributed by atoms with Crippen molar-refractivity contribution in [3.63, 3.8) is 0 Å². The highest BCUT2D eigenvalue weighted by Gasteiger charge is 2.08. The standard InChI is InChI=1S/C7H16N2O2/c1-8-11-7-4-9-2-5-10-6-3-9/h8H,2-7H2,1H3. The van der Waals surface area contributed by atoms with Gasteiger partial charge in [-0.25, -0.2) is 5.48 Å². The molecule has 1 aliphatic rings. The lowest BCUT2D eigenvalue weighted by molar-refractivity contribution is 0.00208. The maximum absolute atomic E-state index is 5.21. The van der Waals surface area contributed by atoms with Crippen LogP contribution in [0.2, 0.25) is 0 Å². The molecule has 1 heterocycles. The first-order chi connectivity index (χ1) is 5.43. The molecule has 1 rings (SSSR count). The molecule has 1 N–H and O–H groups in total. The molecular weight excluding hydrogens is 144 g/mol. The fourth-order valence-corrected chi connectivity index (χ4v) is 1.10. The molecule has 0 aromatic heterocycles. The molecule has 11 heavy (non-hydrogen) atoms. The van der Waals surface area contributed by atoms with Gasteiger partial charge in [0.15, 0.2) is 0 Å². The molecule has 0 saturated carbocycles. The summed E-state index contributed by atoms with van der Waals surface area (Å²) in [7, 11) is 1.78. The molecule has 0 aliphatic carbocycles. The van der Waals surface area contributed by atoms with Gasteiger partial charge in [-0.2, -0.15) is 0 Å². The maximum Gasteiger partial charge on any atom is 0.0809 e. The number of ether oxygens (including phenoxy) is 1. The lowest BCUT2D eigenvalue weighted by Gasteiger charge is -2.25. The van der Waals surface area contributed by atoms with Crippen LogP contribution >= 0.6 is 0 Å². The predicted octanol–water partition coefficient (Wildman–Crippen LogP) is -0.530. The molecular formula is C7H16N2O2. The first-order valence-electron chi connectivity index (χ1n) is 4.02. The Morgan fingerprint density at radius 3 is 2.82 bits per heavy atom. The van der Waals surface area contributed by atoms with E-state index in [1.165, 1.54) is 0 Å². The van der Waals surface area contributed by atoms with E-state index in [2.05, 4.69) is 10.4 Å². The first kappa shape index (κ1) is 8.93. The quantitative estimate of drug-likeness (QED) is 0.443. The average Bonchev–Trinajstić information content (AvgIpc) is 2.07. The zero-order chi connectivity index (χ0) is 7.94. The van der Waals surface area contributed by atoms with Crippen molar-refractivity contribution in [2.75, 3.05) is 46.5 Å². The molecule has 0 atom stereocenters. The molecule has 0 unspecified atom stereocenters. The van der Waals surface area contributed by atoms with Gasteiger partial charge in [-0.05, 0) is 0 Å². The van der Waals surface area contributed by atoms with Gasteiger partial charge in [0.25, 0.3) is 0 Å². The smallest absolute Gasteiger partial charge is 0.0809 e. The van der Waals surface area contributed by atoms with Crippen LogP contribution in [0, 0.1) is 0 Å². The minimum atomic E-state index is 0.747. The van der Waals surface area contributed by atoms with E-state index in [1.807, 2.05) is 0 Å². The number of hydrogen-bond acceptors (Lipinski definition) is 4. The van der Waals surface area contributed by atoms with E-state index in [0.717, 1.165) is 39.5 Å². The number of hydroxylamine groups is 1. The summed E-state index contributed by atoms with van der Waals surface area (Å²) < 4.78 is 5.21. The number of nitrogens with one attached hydrogen (secondary N) is 1. The molecule has 1 aliphatic heterocycles. The molecule has 0 aromatic rings. The summed E-state index contributed by atoms with van der Waals surface area (Å²) in [6.45, 7) is 5.53. The van der Waals surface area contributed by atoms with Crippen LogP contribution in [0.5, 0.6) is 0 Å². The van der Waals surface area contributed by atoms with Crippen molar-refractivity contribution in [1.29, 1.82) is 0 Å². The molecule has 1 saturated heterocycles. The Labute approximate surface area is 67.4 Å². The highest BCUT2D eigenvalue weighted by molar-refractivity contribution is 4.60. The van der Waals surface area contributed by atoms with Crippen LogP contribution in [0.15, 0.2) is 0 Å². The van der Waals surface area contributed by atoms with Crippen LogP contribution < -0.4 is 5.48 Å². The Bertz CT molecular complexity index is 94.4. The second-order valence-corrected chi connectivity index (χ2v) is 2.51.